The molecule has 0 aliphatic carbocycles. The summed E-state index contributed by atoms with van der Waals surface area (Å²) < 4.78 is 0. The average molecular weight is 379 g/mol. The van der Waals surface area contributed by atoms with E-state index in [0.29, 0.717) is 17.8 Å². The van der Waals surface area contributed by atoms with E-state index in [1.54, 1.807) is 6.92 Å². The molecule has 2 unspecified atom stereocenters. The fraction of sp³-hybridized carbons (Fsp3) is 0.480. The summed E-state index contributed by atoms with van der Waals surface area (Å²) in [6.45, 7) is 13.0. The minimum absolute atomic E-state index is 0.193. The van der Waals surface area contributed by atoms with E-state index < -0.39 is 0 Å². The monoisotopic (exact) mass is 378 g/mol. The molecule has 3 nitrogen and oxygen atoms in total. The molecule has 1 aliphatic rings. The van der Waals surface area contributed by atoms with Gasteiger partial charge in [0.05, 0.1) is 0 Å². The Morgan fingerprint density at radius 1 is 1.07 bits per heavy atom. The second-order valence-electron chi connectivity index (χ2n) is 8.72. The molecule has 3 heteroatoms. The molecule has 150 valence electrons. The van der Waals surface area contributed by atoms with Gasteiger partial charge >= 0.3 is 0 Å². The molecular formula is C25H34N2O. The largest absolute Gasteiger partial charge is 0.342 e. The maximum Gasteiger partial charge on any atom is 0.219 e. The van der Waals surface area contributed by atoms with E-state index in [9.17, 15) is 4.79 Å². The maximum absolute atomic E-state index is 12.3. The van der Waals surface area contributed by atoms with Crippen LogP contribution in [0.5, 0.6) is 0 Å². The molecule has 3 rings (SSSR count). The number of hydrogen-bond acceptors (Lipinski definition) is 2. The third kappa shape index (κ3) is 5.23. The van der Waals surface area contributed by atoms with Crippen LogP contribution < -0.4 is 0 Å². The molecule has 1 fully saturated rings. The molecule has 1 heterocycles. The Morgan fingerprint density at radius 2 is 1.75 bits per heavy atom. The lowest BCUT2D eigenvalue weighted by molar-refractivity contribution is -0.130. The van der Waals surface area contributed by atoms with Gasteiger partial charge in [-0.15, -0.1) is 0 Å². The van der Waals surface area contributed by atoms with Crippen molar-refractivity contribution in [3.05, 3.63) is 71.3 Å². The topological polar surface area (TPSA) is 23.6 Å². The van der Waals surface area contributed by atoms with Crippen LogP contribution in [-0.2, 0) is 11.3 Å². The van der Waals surface area contributed by atoms with Gasteiger partial charge in [-0.1, -0.05) is 68.4 Å². The molecule has 0 N–H and O–H groups in total. The van der Waals surface area contributed by atoms with Crippen LogP contribution in [0.1, 0.15) is 43.4 Å². The van der Waals surface area contributed by atoms with Crippen LogP contribution in [0.2, 0.25) is 0 Å². The van der Waals surface area contributed by atoms with Crippen LogP contribution in [0.15, 0.2) is 54.6 Å². The Bertz CT molecular complexity index is 771. The summed E-state index contributed by atoms with van der Waals surface area (Å²) in [6.07, 6.45) is 0. The van der Waals surface area contributed by atoms with Crippen molar-refractivity contribution in [1.82, 2.24) is 9.80 Å². The SMILES string of the molecule is CC(=O)N(CC(C)C)CC1CN(Cc2ccccc2)CC1c1ccccc1C. The zero-order chi connectivity index (χ0) is 20.1. The first-order valence-corrected chi connectivity index (χ1v) is 10.5. The molecule has 2 atom stereocenters. The van der Waals surface area contributed by atoms with Crippen molar-refractivity contribution < 1.29 is 4.79 Å². The Hall–Kier alpha value is -2.13. The van der Waals surface area contributed by atoms with Gasteiger partial charge in [-0.25, -0.2) is 0 Å². The normalized spacial score (nSPS) is 19.9. The number of benzene rings is 2. The van der Waals surface area contributed by atoms with E-state index in [0.717, 1.165) is 32.7 Å². The Kier molecular flexibility index (Phi) is 6.90. The van der Waals surface area contributed by atoms with Crippen molar-refractivity contribution in [2.45, 2.75) is 40.2 Å². The summed E-state index contributed by atoms with van der Waals surface area (Å²) in [7, 11) is 0. The van der Waals surface area contributed by atoms with Gasteiger partial charge < -0.3 is 4.90 Å². The van der Waals surface area contributed by atoms with E-state index in [1.165, 1.54) is 16.7 Å². The first-order valence-electron chi connectivity index (χ1n) is 10.5. The minimum atomic E-state index is 0.193. The lowest BCUT2D eigenvalue weighted by Gasteiger charge is -2.29. The number of amides is 1. The van der Waals surface area contributed by atoms with E-state index in [4.69, 9.17) is 0 Å². The highest BCUT2D eigenvalue weighted by atomic mass is 16.2. The van der Waals surface area contributed by atoms with Crippen LogP contribution in [-0.4, -0.2) is 41.9 Å². The quantitative estimate of drug-likeness (QED) is 0.696. The van der Waals surface area contributed by atoms with Crippen molar-refractivity contribution in [3.8, 4) is 0 Å². The lowest BCUT2D eigenvalue weighted by atomic mass is 9.86. The number of carbonyl (C=O) groups is 1. The van der Waals surface area contributed by atoms with Gasteiger partial charge in [-0.2, -0.15) is 0 Å². The maximum atomic E-state index is 12.3. The van der Waals surface area contributed by atoms with Crippen molar-refractivity contribution >= 4 is 5.91 Å². The molecule has 28 heavy (non-hydrogen) atoms. The Morgan fingerprint density at radius 3 is 2.39 bits per heavy atom. The molecule has 2 aromatic carbocycles. The van der Waals surface area contributed by atoms with Crippen LogP contribution in [0, 0.1) is 18.8 Å². The third-order valence-electron chi connectivity index (χ3n) is 5.84. The summed E-state index contributed by atoms with van der Waals surface area (Å²) in [5.41, 5.74) is 4.16. The van der Waals surface area contributed by atoms with Gasteiger partial charge in [0.15, 0.2) is 0 Å². The van der Waals surface area contributed by atoms with Gasteiger partial charge in [-0.05, 0) is 35.4 Å². The van der Waals surface area contributed by atoms with E-state index in [2.05, 4.69) is 85.2 Å². The summed E-state index contributed by atoms with van der Waals surface area (Å²) in [5, 5.41) is 0. The number of rotatable bonds is 7. The third-order valence-corrected chi connectivity index (χ3v) is 5.84. The summed E-state index contributed by atoms with van der Waals surface area (Å²) >= 11 is 0. The minimum Gasteiger partial charge on any atom is -0.342 e. The second kappa shape index (κ2) is 9.38. The average Bonchev–Trinajstić information content (AvgIpc) is 3.04. The summed E-state index contributed by atoms with van der Waals surface area (Å²) in [5.74, 6) is 1.62. The van der Waals surface area contributed by atoms with Crippen molar-refractivity contribution in [2.75, 3.05) is 26.2 Å². The highest BCUT2D eigenvalue weighted by Gasteiger charge is 2.36. The van der Waals surface area contributed by atoms with Gasteiger partial charge in [0.2, 0.25) is 5.91 Å². The molecule has 1 saturated heterocycles. The first kappa shape index (κ1) is 20.6. The van der Waals surface area contributed by atoms with Gasteiger partial charge in [0.1, 0.15) is 0 Å². The predicted molar refractivity (Wildman–Crippen MR) is 116 cm³/mol. The number of nitrogens with zero attached hydrogens (tertiary/aromatic N) is 2. The lowest BCUT2D eigenvalue weighted by Crippen LogP contribution is -2.38. The van der Waals surface area contributed by atoms with Crippen LogP contribution in [0.3, 0.4) is 0 Å². The van der Waals surface area contributed by atoms with Gasteiger partial charge in [-0.3, -0.25) is 9.69 Å². The van der Waals surface area contributed by atoms with Crippen LogP contribution in [0.25, 0.3) is 0 Å². The molecule has 0 aromatic heterocycles. The van der Waals surface area contributed by atoms with Crippen molar-refractivity contribution in [2.24, 2.45) is 11.8 Å². The fourth-order valence-corrected chi connectivity index (χ4v) is 4.53. The molecule has 0 bridgehead atoms. The summed E-state index contributed by atoms with van der Waals surface area (Å²) in [4.78, 5) is 16.9. The molecule has 0 radical (unpaired) electrons. The highest BCUT2D eigenvalue weighted by Crippen LogP contribution is 2.35. The second-order valence-corrected chi connectivity index (χ2v) is 8.72. The Balaban J connectivity index is 1.81. The van der Waals surface area contributed by atoms with Gasteiger partial charge in [0.25, 0.3) is 0 Å². The summed E-state index contributed by atoms with van der Waals surface area (Å²) in [6, 6.07) is 19.5. The molecule has 2 aromatic rings. The fourth-order valence-electron chi connectivity index (χ4n) is 4.53. The van der Waals surface area contributed by atoms with Crippen LogP contribution >= 0.6 is 0 Å². The van der Waals surface area contributed by atoms with Gasteiger partial charge in [0, 0.05) is 45.6 Å². The zero-order valence-electron chi connectivity index (χ0n) is 17.8. The van der Waals surface area contributed by atoms with Crippen molar-refractivity contribution in [1.29, 1.82) is 0 Å². The van der Waals surface area contributed by atoms with E-state index in [-0.39, 0.29) is 5.91 Å². The smallest absolute Gasteiger partial charge is 0.219 e. The number of hydrogen-bond donors (Lipinski definition) is 0. The first-order chi connectivity index (χ1) is 13.4. The number of carbonyl (C=O) groups excluding carboxylic acids is 1. The number of likely N-dealkylation sites (tertiary alicyclic amines) is 1. The Labute approximate surface area is 170 Å². The standard InChI is InChI=1S/C25H34N2O/c1-19(2)14-27(21(4)28)17-23-16-26(15-22-11-6-5-7-12-22)18-25(23)24-13-9-8-10-20(24)3/h5-13,19,23,25H,14-18H2,1-4H3. The van der Waals surface area contributed by atoms with E-state index in [1.807, 2.05) is 0 Å². The van der Waals surface area contributed by atoms with Crippen LogP contribution in [0.4, 0.5) is 0 Å². The molecule has 0 spiro atoms. The predicted octanol–water partition coefficient (Wildman–Crippen LogP) is 4.72. The zero-order valence-corrected chi connectivity index (χ0v) is 17.8. The molecule has 1 aliphatic heterocycles. The molecule has 0 saturated carbocycles. The molecular weight excluding hydrogens is 344 g/mol. The highest BCUT2D eigenvalue weighted by molar-refractivity contribution is 5.73. The van der Waals surface area contributed by atoms with Crippen molar-refractivity contribution in [3.63, 3.8) is 0 Å². The molecule has 1 amide bonds. The number of aryl methyl sites for hydroxylation is 1. The van der Waals surface area contributed by atoms with E-state index >= 15 is 0 Å².